The van der Waals surface area contributed by atoms with E-state index >= 15 is 0 Å². The zero-order valence-electron chi connectivity index (χ0n) is 23.3. The number of nitrogens with two attached hydrogens (primary N) is 2. The van der Waals surface area contributed by atoms with E-state index in [9.17, 15) is 14.7 Å². The number of fused-ring (bicyclic) bond motifs is 1. The standard InChI is InChI=1S/C29H37N9O3/c1-15(2)17-10-11-20(32-12-17)26(41)33-13-21-23-29(37-27(30)36-23)24(39)22(14-38(29)28(31)35-21)34-25(40)19-9-5-7-16-6-3-4-8-18(16)19/h5,7,9-12,15,21-24,39H,3-4,6,8,13-14H2,1-2H3,(H2,31,35)(H,33,41)(H,34,40)(H3,30,36,37)/t21-,22?,23?,24+,29?/m0/s1. The molecule has 6 rings (SSSR count). The molecule has 4 aliphatic rings. The average Bonchev–Trinajstić information content (AvgIpc) is 3.47. The second-order valence-electron chi connectivity index (χ2n) is 11.6. The molecule has 5 atom stereocenters. The van der Waals surface area contributed by atoms with Crippen LogP contribution in [0.5, 0.6) is 0 Å². The summed E-state index contributed by atoms with van der Waals surface area (Å²) in [6.07, 6.45) is 4.58. The highest BCUT2D eigenvalue weighted by Crippen LogP contribution is 2.40. The third-order valence-corrected chi connectivity index (χ3v) is 8.77. The fraction of sp³-hybridized carbons (Fsp3) is 0.483. The molecule has 1 spiro atoms. The molecule has 8 N–H and O–H groups in total. The summed E-state index contributed by atoms with van der Waals surface area (Å²) < 4.78 is 0. The van der Waals surface area contributed by atoms with E-state index in [0.29, 0.717) is 11.5 Å². The Hall–Kier alpha value is -4.19. The van der Waals surface area contributed by atoms with Gasteiger partial charge < -0.3 is 37.4 Å². The summed E-state index contributed by atoms with van der Waals surface area (Å²) >= 11 is 0. The first-order valence-corrected chi connectivity index (χ1v) is 14.2. The number of pyridine rings is 1. The minimum absolute atomic E-state index is 0.103. The van der Waals surface area contributed by atoms with Crippen molar-refractivity contribution in [2.45, 2.75) is 75.3 Å². The van der Waals surface area contributed by atoms with Gasteiger partial charge in [0.1, 0.15) is 17.8 Å². The van der Waals surface area contributed by atoms with Gasteiger partial charge in [0, 0.05) is 24.8 Å². The predicted molar refractivity (Wildman–Crippen MR) is 154 cm³/mol. The number of rotatable bonds is 6. The van der Waals surface area contributed by atoms with Gasteiger partial charge in [-0.3, -0.25) is 14.6 Å². The first-order chi connectivity index (χ1) is 19.7. The second-order valence-corrected chi connectivity index (χ2v) is 11.6. The van der Waals surface area contributed by atoms with E-state index in [1.807, 2.05) is 18.2 Å². The maximum Gasteiger partial charge on any atom is 0.269 e. The Balaban J connectivity index is 1.19. The molecule has 1 aromatic carbocycles. The number of aliphatic imine (C=N–C) groups is 2. The molecular formula is C29H37N9O3. The van der Waals surface area contributed by atoms with E-state index in [-0.39, 0.29) is 42.5 Å². The van der Waals surface area contributed by atoms with Crippen LogP contribution < -0.4 is 27.4 Å². The van der Waals surface area contributed by atoms with Gasteiger partial charge in [0.25, 0.3) is 11.8 Å². The van der Waals surface area contributed by atoms with E-state index in [0.717, 1.165) is 36.8 Å². The van der Waals surface area contributed by atoms with Gasteiger partial charge in [0.15, 0.2) is 17.6 Å². The molecule has 3 unspecified atom stereocenters. The van der Waals surface area contributed by atoms with Crippen molar-refractivity contribution in [1.29, 1.82) is 0 Å². The molecule has 1 fully saturated rings. The number of aryl methyl sites for hydroxylation is 1. The van der Waals surface area contributed by atoms with Crippen molar-refractivity contribution in [2.75, 3.05) is 13.1 Å². The molecular weight excluding hydrogens is 522 g/mol. The van der Waals surface area contributed by atoms with Crippen molar-refractivity contribution in [3.63, 3.8) is 0 Å². The Morgan fingerprint density at radius 2 is 1.95 bits per heavy atom. The zero-order valence-corrected chi connectivity index (χ0v) is 23.3. The van der Waals surface area contributed by atoms with Crippen molar-refractivity contribution in [1.82, 2.24) is 25.8 Å². The SMILES string of the molecule is CC(C)c1ccc(C(=O)NC[C@@H]2N=C(N)N3CC(NC(=O)c4cccc5c4CCCC5)[C@@H](O)C34NC(N)=NC24)nc1. The molecule has 0 radical (unpaired) electrons. The summed E-state index contributed by atoms with van der Waals surface area (Å²) in [4.78, 5) is 41.5. The predicted octanol–water partition coefficient (Wildman–Crippen LogP) is -0.0316. The maximum absolute atomic E-state index is 13.5. The lowest BCUT2D eigenvalue weighted by molar-refractivity contribution is 0.0144. The summed E-state index contributed by atoms with van der Waals surface area (Å²) in [6.45, 7) is 4.44. The lowest BCUT2D eigenvalue weighted by atomic mass is 9.87. The number of aromatic nitrogens is 1. The normalized spacial score (nSPS) is 28.1. The zero-order chi connectivity index (χ0) is 28.9. The van der Waals surface area contributed by atoms with Gasteiger partial charge in [-0.15, -0.1) is 0 Å². The van der Waals surface area contributed by atoms with Gasteiger partial charge in [-0.2, -0.15) is 0 Å². The van der Waals surface area contributed by atoms with Crippen LogP contribution in [0.25, 0.3) is 0 Å². The van der Waals surface area contributed by atoms with Crippen molar-refractivity contribution in [2.24, 2.45) is 21.5 Å². The largest absolute Gasteiger partial charge is 0.386 e. The molecule has 2 amide bonds. The minimum atomic E-state index is -1.21. The van der Waals surface area contributed by atoms with Crippen LogP contribution in [0.1, 0.15) is 70.1 Å². The van der Waals surface area contributed by atoms with Crippen LogP contribution in [-0.2, 0) is 12.8 Å². The Morgan fingerprint density at radius 1 is 1.15 bits per heavy atom. The summed E-state index contributed by atoms with van der Waals surface area (Å²) in [7, 11) is 0. The lowest BCUT2D eigenvalue weighted by Gasteiger charge is -2.46. The summed E-state index contributed by atoms with van der Waals surface area (Å²) in [6, 6.07) is 7.47. The number of nitrogens with one attached hydrogen (secondary N) is 3. The number of carbonyl (C=O) groups excluding carboxylic acids is 2. The van der Waals surface area contributed by atoms with Gasteiger partial charge in [-0.25, -0.2) is 9.98 Å². The van der Waals surface area contributed by atoms with Gasteiger partial charge in [-0.1, -0.05) is 32.0 Å². The van der Waals surface area contributed by atoms with Gasteiger partial charge in [0.2, 0.25) is 0 Å². The molecule has 1 saturated heterocycles. The van der Waals surface area contributed by atoms with E-state index in [1.165, 1.54) is 5.56 Å². The number of hydrogen-bond acceptors (Lipinski definition) is 10. The third kappa shape index (κ3) is 4.55. The minimum Gasteiger partial charge on any atom is -0.386 e. The first kappa shape index (κ1) is 27.0. The number of aliphatic hydroxyl groups is 1. The van der Waals surface area contributed by atoms with E-state index < -0.39 is 29.9 Å². The Bertz CT molecular complexity index is 1420. The maximum atomic E-state index is 13.5. The number of guanidine groups is 2. The van der Waals surface area contributed by atoms with Crippen LogP contribution in [0.15, 0.2) is 46.5 Å². The molecule has 12 nitrogen and oxygen atoms in total. The highest BCUT2D eigenvalue weighted by molar-refractivity contribution is 5.97. The number of amides is 2. The van der Waals surface area contributed by atoms with Gasteiger partial charge in [-0.05, 0) is 60.4 Å². The van der Waals surface area contributed by atoms with Crippen LogP contribution in [0.3, 0.4) is 0 Å². The second kappa shape index (κ2) is 10.3. The lowest BCUT2D eigenvalue weighted by Crippen LogP contribution is -2.73. The van der Waals surface area contributed by atoms with Crippen molar-refractivity contribution < 1.29 is 14.7 Å². The third-order valence-electron chi connectivity index (χ3n) is 8.77. The number of carbonyl (C=O) groups is 2. The van der Waals surface area contributed by atoms with E-state index in [4.69, 9.17) is 11.5 Å². The monoisotopic (exact) mass is 559 g/mol. The summed E-state index contributed by atoms with van der Waals surface area (Å²) in [5.41, 5.74) is 15.6. The van der Waals surface area contributed by atoms with Gasteiger partial charge in [0.05, 0.1) is 12.1 Å². The smallest absolute Gasteiger partial charge is 0.269 e. The van der Waals surface area contributed by atoms with E-state index in [2.05, 4.69) is 50.8 Å². The highest BCUT2D eigenvalue weighted by Gasteiger charge is 2.65. The molecule has 0 saturated carbocycles. The van der Waals surface area contributed by atoms with Crippen LogP contribution in [0.4, 0.5) is 0 Å². The molecule has 12 heteroatoms. The highest BCUT2D eigenvalue weighted by atomic mass is 16.3. The molecule has 216 valence electrons. The number of nitrogens with zero attached hydrogens (tertiary/aromatic N) is 4. The molecule has 1 aliphatic carbocycles. The number of benzene rings is 1. The molecule has 4 heterocycles. The summed E-state index contributed by atoms with van der Waals surface area (Å²) in [5.74, 6) is 0.0288. The molecule has 1 aromatic heterocycles. The Kier molecular flexibility index (Phi) is 6.80. The number of aliphatic hydroxyl groups excluding tert-OH is 1. The van der Waals surface area contributed by atoms with Crippen LogP contribution in [0, 0.1) is 0 Å². The fourth-order valence-corrected chi connectivity index (χ4v) is 6.61. The van der Waals surface area contributed by atoms with Crippen molar-refractivity contribution in [3.8, 4) is 0 Å². The van der Waals surface area contributed by atoms with Crippen LogP contribution in [0.2, 0.25) is 0 Å². The first-order valence-electron chi connectivity index (χ1n) is 14.2. The molecule has 3 aliphatic heterocycles. The molecule has 2 aromatic rings. The van der Waals surface area contributed by atoms with E-state index in [1.54, 1.807) is 17.2 Å². The van der Waals surface area contributed by atoms with Crippen LogP contribution in [-0.4, -0.2) is 81.7 Å². The fourth-order valence-electron chi connectivity index (χ4n) is 6.61. The Morgan fingerprint density at radius 3 is 2.71 bits per heavy atom. The number of hydrogen-bond donors (Lipinski definition) is 6. The quantitative estimate of drug-likeness (QED) is 0.285. The average molecular weight is 560 g/mol. The Labute approximate surface area is 238 Å². The summed E-state index contributed by atoms with van der Waals surface area (Å²) in [5, 5.41) is 20.8. The van der Waals surface area contributed by atoms with Crippen LogP contribution >= 0.6 is 0 Å². The topological polar surface area (TPSA) is 183 Å². The van der Waals surface area contributed by atoms with Crippen molar-refractivity contribution in [3.05, 3.63) is 64.5 Å². The molecule has 0 bridgehead atoms. The van der Waals surface area contributed by atoms with Gasteiger partial charge >= 0.3 is 0 Å². The molecule has 41 heavy (non-hydrogen) atoms. The van der Waals surface area contributed by atoms with Crippen molar-refractivity contribution >= 4 is 23.7 Å².